The van der Waals surface area contributed by atoms with E-state index in [1.807, 2.05) is 0 Å². The molecule has 1 aliphatic heterocycles. The standard InChI is InChI=1S/C20H19NO7/c1-10-8-14(26-11(2)22)17-15(9-10)28-20(19(25)21-4)13(18(17)24)6-5-7-16(20)27-12(3)23/h5-9,16H,1-4H3,(H,21,25)/t16-,20+/m1/s1. The van der Waals surface area contributed by atoms with Gasteiger partial charge in [0.25, 0.3) is 11.5 Å². The molecule has 1 amide bonds. The smallest absolute Gasteiger partial charge is 0.308 e. The zero-order valence-electron chi connectivity index (χ0n) is 15.8. The molecule has 0 saturated carbocycles. The van der Waals surface area contributed by atoms with Crippen LogP contribution < -0.4 is 14.8 Å². The van der Waals surface area contributed by atoms with E-state index in [1.54, 1.807) is 13.0 Å². The molecule has 0 spiro atoms. The molecule has 3 rings (SSSR count). The highest BCUT2D eigenvalue weighted by atomic mass is 16.6. The van der Waals surface area contributed by atoms with Gasteiger partial charge >= 0.3 is 11.9 Å². The lowest BCUT2D eigenvalue weighted by atomic mass is 9.76. The molecule has 1 N–H and O–H groups in total. The van der Waals surface area contributed by atoms with Crippen LogP contribution in [0.4, 0.5) is 0 Å². The van der Waals surface area contributed by atoms with Gasteiger partial charge in [0.2, 0.25) is 5.78 Å². The molecule has 0 unspecified atom stereocenters. The highest BCUT2D eigenvalue weighted by Gasteiger charge is 2.58. The van der Waals surface area contributed by atoms with E-state index < -0.39 is 35.3 Å². The Labute approximate surface area is 161 Å². The van der Waals surface area contributed by atoms with E-state index >= 15 is 0 Å². The summed E-state index contributed by atoms with van der Waals surface area (Å²) in [6.07, 6.45) is 3.26. The van der Waals surface area contributed by atoms with E-state index in [0.29, 0.717) is 5.56 Å². The number of esters is 2. The van der Waals surface area contributed by atoms with Crippen LogP contribution >= 0.6 is 0 Å². The molecule has 0 bridgehead atoms. The fraction of sp³-hybridized carbons (Fsp3) is 0.300. The minimum Gasteiger partial charge on any atom is -0.467 e. The fourth-order valence-corrected chi connectivity index (χ4v) is 3.38. The highest BCUT2D eigenvalue weighted by molar-refractivity contribution is 6.19. The van der Waals surface area contributed by atoms with Crippen LogP contribution in [0.2, 0.25) is 0 Å². The molecule has 8 heteroatoms. The van der Waals surface area contributed by atoms with Gasteiger partial charge in [0, 0.05) is 20.9 Å². The first-order valence-corrected chi connectivity index (χ1v) is 8.55. The summed E-state index contributed by atoms with van der Waals surface area (Å²) in [4.78, 5) is 49.3. The largest absolute Gasteiger partial charge is 0.467 e. The Hall–Kier alpha value is -3.42. The number of Topliss-reactive ketones (excluding diaryl/α,β-unsaturated/α-hetero) is 1. The Morgan fingerprint density at radius 2 is 1.89 bits per heavy atom. The molecule has 1 aliphatic carbocycles. The van der Waals surface area contributed by atoms with Crippen molar-refractivity contribution in [3.8, 4) is 11.5 Å². The third kappa shape index (κ3) is 2.96. The van der Waals surface area contributed by atoms with Gasteiger partial charge in [-0.2, -0.15) is 0 Å². The Morgan fingerprint density at radius 1 is 1.18 bits per heavy atom. The number of carbonyl (C=O) groups is 4. The maximum Gasteiger partial charge on any atom is 0.308 e. The number of aryl methyl sites for hydroxylation is 1. The molecule has 1 heterocycles. The highest BCUT2D eigenvalue weighted by Crippen LogP contribution is 2.45. The number of carbonyl (C=O) groups excluding carboxylic acids is 4. The topological polar surface area (TPSA) is 108 Å². The van der Waals surface area contributed by atoms with Crippen molar-refractivity contribution in [1.29, 1.82) is 0 Å². The average molecular weight is 385 g/mol. The number of hydrogen-bond donors (Lipinski definition) is 1. The maximum absolute atomic E-state index is 13.3. The quantitative estimate of drug-likeness (QED) is 0.619. The zero-order chi connectivity index (χ0) is 20.6. The number of hydrogen-bond acceptors (Lipinski definition) is 7. The lowest BCUT2D eigenvalue weighted by Gasteiger charge is -2.42. The van der Waals surface area contributed by atoms with Crippen molar-refractivity contribution >= 4 is 23.6 Å². The summed E-state index contributed by atoms with van der Waals surface area (Å²) in [5, 5.41) is 2.47. The number of allylic oxidation sites excluding steroid dienone is 2. The molecular weight excluding hydrogens is 366 g/mol. The molecule has 1 aromatic rings. The summed E-state index contributed by atoms with van der Waals surface area (Å²) in [6.45, 7) is 4.14. The average Bonchev–Trinajstić information content (AvgIpc) is 2.60. The second-order valence-electron chi connectivity index (χ2n) is 6.47. The molecule has 0 radical (unpaired) electrons. The monoisotopic (exact) mass is 385 g/mol. The van der Waals surface area contributed by atoms with Gasteiger partial charge in [-0.1, -0.05) is 12.2 Å². The van der Waals surface area contributed by atoms with E-state index in [1.165, 1.54) is 45.2 Å². The summed E-state index contributed by atoms with van der Waals surface area (Å²) >= 11 is 0. The summed E-state index contributed by atoms with van der Waals surface area (Å²) in [6, 6.07) is 3.10. The van der Waals surface area contributed by atoms with Crippen molar-refractivity contribution in [1.82, 2.24) is 5.32 Å². The van der Waals surface area contributed by atoms with Crippen LogP contribution in [-0.2, 0) is 19.1 Å². The van der Waals surface area contributed by atoms with Crippen LogP contribution in [-0.4, -0.2) is 42.4 Å². The van der Waals surface area contributed by atoms with Gasteiger partial charge in [-0.15, -0.1) is 0 Å². The molecule has 1 aromatic carbocycles. The van der Waals surface area contributed by atoms with E-state index in [-0.39, 0.29) is 22.6 Å². The summed E-state index contributed by atoms with van der Waals surface area (Å²) < 4.78 is 16.5. The Bertz CT molecular complexity index is 960. The fourth-order valence-electron chi connectivity index (χ4n) is 3.38. The molecular formula is C20H19NO7. The number of benzene rings is 1. The number of nitrogens with one attached hydrogen (secondary N) is 1. The van der Waals surface area contributed by atoms with Gasteiger partial charge in [0.15, 0.2) is 6.10 Å². The normalized spacial score (nSPS) is 22.2. The third-order valence-corrected chi connectivity index (χ3v) is 4.41. The zero-order valence-corrected chi connectivity index (χ0v) is 15.8. The predicted molar refractivity (Wildman–Crippen MR) is 97.0 cm³/mol. The van der Waals surface area contributed by atoms with Gasteiger partial charge in [-0.25, -0.2) is 0 Å². The minimum atomic E-state index is -1.89. The molecule has 28 heavy (non-hydrogen) atoms. The second-order valence-corrected chi connectivity index (χ2v) is 6.47. The van der Waals surface area contributed by atoms with Gasteiger partial charge in [-0.3, -0.25) is 19.2 Å². The minimum absolute atomic E-state index is 0.0228. The number of ketones is 1. The van der Waals surface area contributed by atoms with Crippen molar-refractivity contribution in [2.24, 2.45) is 0 Å². The molecule has 2 atom stereocenters. The first-order valence-electron chi connectivity index (χ1n) is 8.55. The third-order valence-electron chi connectivity index (χ3n) is 4.41. The Morgan fingerprint density at radius 3 is 2.50 bits per heavy atom. The lowest BCUT2D eigenvalue weighted by Crippen LogP contribution is -2.63. The van der Waals surface area contributed by atoms with Crippen molar-refractivity contribution < 1.29 is 33.4 Å². The summed E-state index contributed by atoms with van der Waals surface area (Å²) in [5.74, 6) is -2.33. The molecule has 0 fully saturated rings. The number of ether oxygens (including phenoxy) is 3. The second kappa shape index (κ2) is 6.95. The molecule has 2 aliphatic rings. The maximum atomic E-state index is 13.3. The van der Waals surface area contributed by atoms with E-state index in [4.69, 9.17) is 14.2 Å². The van der Waals surface area contributed by atoms with E-state index in [0.717, 1.165) is 0 Å². The summed E-state index contributed by atoms with van der Waals surface area (Å²) in [7, 11) is 1.39. The Kier molecular flexibility index (Phi) is 4.80. The number of fused-ring (bicyclic) bond motifs is 2. The number of rotatable bonds is 3. The van der Waals surface area contributed by atoms with Crippen molar-refractivity contribution in [2.75, 3.05) is 7.05 Å². The van der Waals surface area contributed by atoms with Crippen molar-refractivity contribution in [3.05, 3.63) is 47.1 Å². The first-order chi connectivity index (χ1) is 13.2. The number of amides is 1. The Balaban J connectivity index is 2.25. The molecule has 0 aromatic heterocycles. The van der Waals surface area contributed by atoms with Gasteiger partial charge < -0.3 is 19.5 Å². The van der Waals surface area contributed by atoms with Crippen molar-refractivity contribution in [2.45, 2.75) is 32.5 Å². The van der Waals surface area contributed by atoms with Crippen LogP contribution in [0.3, 0.4) is 0 Å². The van der Waals surface area contributed by atoms with Crippen LogP contribution in [0.25, 0.3) is 0 Å². The first kappa shape index (κ1) is 19.3. The van der Waals surface area contributed by atoms with Crippen molar-refractivity contribution in [3.63, 3.8) is 0 Å². The van der Waals surface area contributed by atoms with Gasteiger partial charge in [-0.05, 0) is 30.7 Å². The molecule has 8 nitrogen and oxygen atoms in total. The van der Waals surface area contributed by atoms with Crippen LogP contribution in [0, 0.1) is 6.92 Å². The lowest BCUT2D eigenvalue weighted by molar-refractivity contribution is -0.158. The van der Waals surface area contributed by atoms with Crippen LogP contribution in [0.15, 0.2) is 35.9 Å². The van der Waals surface area contributed by atoms with E-state index in [9.17, 15) is 19.2 Å². The molecule has 0 saturated heterocycles. The SMILES string of the molecule is CNC(=O)[C@]12Oc3cc(C)cc(OC(C)=O)c3C(=O)C1=CC=C[C@H]2OC(C)=O. The van der Waals surface area contributed by atoms with Crippen LogP contribution in [0.5, 0.6) is 11.5 Å². The molecule has 146 valence electrons. The predicted octanol–water partition coefficient (Wildman–Crippen LogP) is 1.41. The summed E-state index contributed by atoms with van der Waals surface area (Å²) in [5.41, 5.74) is -1.23. The van der Waals surface area contributed by atoms with Gasteiger partial charge in [0.1, 0.15) is 17.1 Å². The van der Waals surface area contributed by atoms with Gasteiger partial charge in [0.05, 0.1) is 5.57 Å². The van der Waals surface area contributed by atoms with E-state index in [2.05, 4.69) is 5.32 Å². The van der Waals surface area contributed by atoms with Crippen LogP contribution in [0.1, 0.15) is 29.8 Å². The number of likely N-dealkylation sites (N-methyl/N-ethyl adjacent to an activating group) is 1.